The third kappa shape index (κ3) is 3.10. The first-order chi connectivity index (χ1) is 10.9. The van der Waals surface area contributed by atoms with E-state index < -0.39 is 10.0 Å². The summed E-state index contributed by atoms with van der Waals surface area (Å²) in [7, 11) is -3.79. The van der Waals surface area contributed by atoms with Crippen LogP contribution in [-0.4, -0.2) is 29.6 Å². The lowest BCUT2D eigenvalue weighted by molar-refractivity contribution is -0.119. The van der Waals surface area contributed by atoms with Crippen molar-refractivity contribution in [1.29, 1.82) is 0 Å². The Morgan fingerprint density at radius 2 is 2.09 bits per heavy atom. The van der Waals surface area contributed by atoms with Crippen LogP contribution in [0.5, 0.6) is 0 Å². The van der Waals surface area contributed by atoms with Gasteiger partial charge >= 0.3 is 0 Å². The van der Waals surface area contributed by atoms with Crippen molar-refractivity contribution in [2.75, 3.05) is 0 Å². The van der Waals surface area contributed by atoms with Gasteiger partial charge in [0.1, 0.15) is 16.6 Å². The minimum absolute atomic E-state index is 0.00396. The molecule has 2 aromatic heterocycles. The van der Waals surface area contributed by atoms with Crippen molar-refractivity contribution < 1.29 is 22.3 Å². The number of hydrogen-bond donors (Lipinski definition) is 2. The van der Waals surface area contributed by atoms with Gasteiger partial charge in [0.2, 0.25) is 21.8 Å². The Hall–Kier alpha value is -2.27. The van der Waals surface area contributed by atoms with Gasteiger partial charge in [-0.05, 0) is 20.3 Å². The second kappa shape index (κ2) is 5.74. The average Bonchev–Trinajstić information content (AvgIpc) is 3.17. The van der Waals surface area contributed by atoms with E-state index in [4.69, 9.17) is 9.05 Å². The number of carbonyl (C=O) groups is 1. The maximum absolute atomic E-state index is 12.3. The molecule has 1 aliphatic heterocycles. The second-order valence-corrected chi connectivity index (χ2v) is 6.89. The second-order valence-electron chi connectivity index (χ2n) is 5.19. The van der Waals surface area contributed by atoms with E-state index in [0.29, 0.717) is 12.8 Å². The van der Waals surface area contributed by atoms with Gasteiger partial charge in [0.15, 0.2) is 11.6 Å². The fourth-order valence-electron chi connectivity index (χ4n) is 2.37. The van der Waals surface area contributed by atoms with Crippen LogP contribution in [0.3, 0.4) is 0 Å². The Balaban J connectivity index is 1.69. The van der Waals surface area contributed by atoms with Crippen molar-refractivity contribution >= 4 is 15.9 Å². The molecule has 1 saturated heterocycles. The number of aryl methyl sites for hydroxylation is 2. The van der Waals surface area contributed by atoms with Crippen molar-refractivity contribution in [3.8, 4) is 0 Å². The van der Waals surface area contributed by atoms with Crippen LogP contribution < -0.4 is 10.0 Å². The Morgan fingerprint density at radius 3 is 2.70 bits per heavy atom. The first-order valence-corrected chi connectivity index (χ1v) is 8.39. The van der Waals surface area contributed by atoms with Gasteiger partial charge in [0, 0.05) is 6.42 Å². The van der Waals surface area contributed by atoms with Crippen LogP contribution in [0, 0.1) is 13.8 Å². The Labute approximate surface area is 131 Å². The highest BCUT2D eigenvalue weighted by Gasteiger charge is 2.28. The maximum Gasteiger partial charge on any atom is 0.249 e. The summed E-state index contributed by atoms with van der Waals surface area (Å²) in [5.74, 6) is 0.574. The summed E-state index contributed by atoms with van der Waals surface area (Å²) >= 11 is 0. The summed E-state index contributed by atoms with van der Waals surface area (Å²) < 4.78 is 36.8. The van der Waals surface area contributed by atoms with E-state index in [0.717, 1.165) is 0 Å². The molecule has 10 nitrogen and oxygen atoms in total. The highest BCUT2D eigenvalue weighted by atomic mass is 32.2. The third-order valence-electron chi connectivity index (χ3n) is 3.43. The van der Waals surface area contributed by atoms with Crippen LogP contribution >= 0.6 is 0 Å². The number of nitrogens with one attached hydrogen (secondary N) is 2. The zero-order valence-electron chi connectivity index (χ0n) is 12.5. The molecular formula is C12H15N5O5S. The van der Waals surface area contributed by atoms with Gasteiger partial charge in [-0.25, -0.2) is 13.1 Å². The van der Waals surface area contributed by atoms with Gasteiger partial charge < -0.3 is 14.4 Å². The molecule has 1 amide bonds. The SMILES string of the molecule is Cc1noc(C)c1S(=O)(=O)NCc1noc([C@@H]2CCC(=O)N2)n1. The minimum Gasteiger partial charge on any atom is -0.360 e. The normalized spacial score (nSPS) is 18.3. The minimum atomic E-state index is -3.79. The molecule has 2 aromatic rings. The van der Waals surface area contributed by atoms with E-state index >= 15 is 0 Å². The number of carbonyl (C=O) groups excluding carboxylic acids is 1. The molecular weight excluding hydrogens is 326 g/mol. The summed E-state index contributed by atoms with van der Waals surface area (Å²) in [6.45, 7) is 2.92. The van der Waals surface area contributed by atoms with Crippen LogP contribution in [0.2, 0.25) is 0 Å². The molecule has 2 N–H and O–H groups in total. The van der Waals surface area contributed by atoms with E-state index in [2.05, 4.69) is 25.3 Å². The van der Waals surface area contributed by atoms with Crippen molar-refractivity contribution in [2.24, 2.45) is 0 Å². The van der Waals surface area contributed by atoms with Gasteiger partial charge in [-0.2, -0.15) is 4.98 Å². The van der Waals surface area contributed by atoms with Crippen LogP contribution in [0.1, 0.15) is 42.1 Å². The van der Waals surface area contributed by atoms with Gasteiger partial charge in [-0.3, -0.25) is 4.79 Å². The van der Waals surface area contributed by atoms with Crippen LogP contribution in [-0.2, 0) is 21.4 Å². The van der Waals surface area contributed by atoms with E-state index in [-0.39, 0.29) is 46.6 Å². The number of aromatic nitrogens is 3. The Kier molecular flexibility index (Phi) is 3.90. The van der Waals surface area contributed by atoms with Crippen LogP contribution in [0.25, 0.3) is 0 Å². The molecule has 0 saturated carbocycles. The molecule has 124 valence electrons. The summed E-state index contributed by atoms with van der Waals surface area (Å²) in [6.07, 6.45) is 0.978. The fourth-order valence-corrected chi connectivity index (χ4v) is 3.68. The topological polar surface area (TPSA) is 140 Å². The molecule has 0 bridgehead atoms. The van der Waals surface area contributed by atoms with E-state index in [9.17, 15) is 13.2 Å². The molecule has 11 heteroatoms. The summed E-state index contributed by atoms with van der Waals surface area (Å²) in [5, 5.41) is 10.0. The zero-order valence-corrected chi connectivity index (χ0v) is 13.3. The fraction of sp³-hybridized carbons (Fsp3) is 0.500. The molecule has 1 atom stereocenters. The first-order valence-electron chi connectivity index (χ1n) is 6.91. The first kappa shape index (κ1) is 15.6. The summed E-state index contributed by atoms with van der Waals surface area (Å²) in [6, 6.07) is -0.317. The molecule has 23 heavy (non-hydrogen) atoms. The standard InChI is InChI=1S/C12H15N5O5S/c1-6-11(7(2)21-16-6)23(19,20)13-5-9-15-12(22-17-9)8-3-4-10(18)14-8/h8,13H,3-5H2,1-2H3,(H,14,18)/t8-/m0/s1. The molecule has 0 radical (unpaired) electrons. The lowest BCUT2D eigenvalue weighted by atomic mass is 10.2. The molecule has 3 heterocycles. The Bertz CT molecular complexity index is 820. The molecule has 0 aliphatic carbocycles. The monoisotopic (exact) mass is 341 g/mol. The van der Waals surface area contributed by atoms with Crippen LogP contribution in [0.4, 0.5) is 0 Å². The van der Waals surface area contributed by atoms with Gasteiger partial charge in [0.25, 0.3) is 0 Å². The average molecular weight is 341 g/mol. The van der Waals surface area contributed by atoms with Gasteiger partial charge in [-0.15, -0.1) is 0 Å². The molecule has 1 fully saturated rings. The molecule has 0 aromatic carbocycles. The quantitative estimate of drug-likeness (QED) is 0.780. The predicted octanol–water partition coefficient (Wildman–Crippen LogP) is 0.104. The smallest absolute Gasteiger partial charge is 0.249 e. The van der Waals surface area contributed by atoms with Gasteiger partial charge in [0.05, 0.1) is 6.54 Å². The van der Waals surface area contributed by atoms with Gasteiger partial charge in [-0.1, -0.05) is 10.3 Å². The lowest BCUT2D eigenvalue weighted by Gasteiger charge is -2.03. The number of amides is 1. The van der Waals surface area contributed by atoms with Crippen molar-refractivity contribution in [3.63, 3.8) is 0 Å². The predicted molar refractivity (Wildman–Crippen MR) is 74.4 cm³/mol. The summed E-state index contributed by atoms with van der Waals surface area (Å²) in [4.78, 5) is 15.3. The largest absolute Gasteiger partial charge is 0.360 e. The lowest BCUT2D eigenvalue weighted by Crippen LogP contribution is -2.25. The van der Waals surface area contributed by atoms with E-state index in [1.807, 2.05) is 0 Å². The van der Waals surface area contributed by atoms with Crippen molar-refractivity contribution in [3.05, 3.63) is 23.2 Å². The number of sulfonamides is 1. The third-order valence-corrected chi connectivity index (χ3v) is 5.08. The number of hydrogen-bond acceptors (Lipinski definition) is 8. The highest BCUT2D eigenvalue weighted by molar-refractivity contribution is 7.89. The zero-order chi connectivity index (χ0) is 16.6. The van der Waals surface area contributed by atoms with Crippen molar-refractivity contribution in [1.82, 2.24) is 25.3 Å². The molecule has 3 rings (SSSR count). The van der Waals surface area contributed by atoms with Crippen LogP contribution in [0.15, 0.2) is 13.9 Å². The molecule has 0 spiro atoms. The molecule has 1 aliphatic rings. The number of rotatable bonds is 5. The van der Waals surface area contributed by atoms with Crippen molar-refractivity contribution in [2.45, 2.75) is 44.2 Å². The number of nitrogens with zero attached hydrogens (tertiary/aromatic N) is 3. The maximum atomic E-state index is 12.3. The highest BCUT2D eigenvalue weighted by Crippen LogP contribution is 2.22. The molecule has 0 unspecified atom stereocenters. The van der Waals surface area contributed by atoms with E-state index in [1.54, 1.807) is 6.92 Å². The van der Waals surface area contributed by atoms with E-state index in [1.165, 1.54) is 6.92 Å². The summed E-state index contributed by atoms with van der Waals surface area (Å²) in [5.41, 5.74) is 0.275. The Morgan fingerprint density at radius 1 is 1.30 bits per heavy atom.